The Kier molecular flexibility index (Phi) is 4.82. The van der Waals surface area contributed by atoms with E-state index in [1.165, 1.54) is 12.1 Å². The molecule has 0 spiro atoms. The van der Waals surface area contributed by atoms with Crippen LogP contribution in [0.4, 0.5) is 10.1 Å². The van der Waals surface area contributed by atoms with E-state index in [0.29, 0.717) is 11.1 Å². The van der Waals surface area contributed by atoms with Crippen molar-refractivity contribution in [3.05, 3.63) is 64.4 Å². The highest BCUT2D eigenvalue weighted by Gasteiger charge is 2.13. The Bertz CT molecular complexity index is 732. The van der Waals surface area contributed by atoms with E-state index in [9.17, 15) is 12.8 Å². The highest BCUT2D eigenvalue weighted by molar-refractivity contribution is 7.91. The molecule has 0 aliphatic heterocycles. The molecule has 0 aliphatic rings. The maximum absolute atomic E-state index is 13.0. The Morgan fingerprint density at radius 1 is 1.10 bits per heavy atom. The van der Waals surface area contributed by atoms with Gasteiger partial charge in [0.05, 0.1) is 23.1 Å². The van der Waals surface area contributed by atoms with Crippen LogP contribution in [0.3, 0.4) is 0 Å². The molecule has 0 heterocycles. The summed E-state index contributed by atoms with van der Waals surface area (Å²) in [5.74, 6) is -0.840. The smallest absolute Gasteiger partial charge is 0.236 e. The molecule has 21 heavy (non-hydrogen) atoms. The summed E-state index contributed by atoms with van der Waals surface area (Å²) in [6.45, 7) is -0.0979. The van der Waals surface area contributed by atoms with Crippen molar-refractivity contribution in [2.75, 3.05) is 4.72 Å². The molecule has 2 rings (SSSR count). The van der Waals surface area contributed by atoms with Crippen LogP contribution < -0.4 is 4.72 Å². The van der Waals surface area contributed by atoms with Gasteiger partial charge >= 0.3 is 0 Å². The fourth-order valence-electron chi connectivity index (χ4n) is 1.74. The summed E-state index contributed by atoms with van der Waals surface area (Å²) >= 11 is 5.60. The van der Waals surface area contributed by atoms with Crippen LogP contribution in [0.25, 0.3) is 0 Å². The third kappa shape index (κ3) is 4.42. The zero-order valence-electron chi connectivity index (χ0n) is 10.9. The van der Waals surface area contributed by atoms with Gasteiger partial charge in [-0.3, -0.25) is 4.72 Å². The summed E-state index contributed by atoms with van der Waals surface area (Å²) in [5, 5.41) is 8.78. The van der Waals surface area contributed by atoms with Crippen molar-refractivity contribution in [3.8, 4) is 0 Å². The Hall–Kier alpha value is -1.63. The lowest BCUT2D eigenvalue weighted by molar-refractivity contribution is 0.282. The molecular formula is C14H13ClFNO3S. The zero-order chi connectivity index (χ0) is 15.5. The quantitative estimate of drug-likeness (QED) is 0.886. The molecule has 0 fully saturated rings. The van der Waals surface area contributed by atoms with Crippen LogP contribution in [-0.4, -0.2) is 13.5 Å². The molecule has 0 atom stereocenters. The third-order valence-corrected chi connectivity index (χ3v) is 4.30. The molecule has 2 aromatic carbocycles. The van der Waals surface area contributed by atoms with Gasteiger partial charge in [-0.2, -0.15) is 0 Å². The van der Waals surface area contributed by atoms with E-state index < -0.39 is 15.8 Å². The summed E-state index contributed by atoms with van der Waals surface area (Å²) in [7, 11) is -3.63. The average Bonchev–Trinajstić information content (AvgIpc) is 2.43. The first-order chi connectivity index (χ1) is 9.89. The van der Waals surface area contributed by atoms with Crippen LogP contribution in [0.2, 0.25) is 5.02 Å². The van der Waals surface area contributed by atoms with Gasteiger partial charge in [-0.15, -0.1) is 0 Å². The fraction of sp³-hybridized carbons (Fsp3) is 0.143. The number of nitrogens with one attached hydrogen (secondary N) is 1. The minimum Gasteiger partial charge on any atom is -0.392 e. The second-order valence-electron chi connectivity index (χ2n) is 4.46. The second-order valence-corrected chi connectivity index (χ2v) is 6.59. The molecule has 0 aromatic heterocycles. The molecule has 2 aromatic rings. The number of benzene rings is 2. The molecule has 0 saturated heterocycles. The van der Waals surface area contributed by atoms with Gasteiger partial charge in [0.15, 0.2) is 0 Å². The Labute approximate surface area is 127 Å². The highest BCUT2D eigenvalue weighted by Crippen LogP contribution is 2.21. The number of halogens is 2. The molecule has 7 heteroatoms. The molecule has 2 N–H and O–H groups in total. The predicted octanol–water partition coefficient (Wildman–Crippen LogP) is 2.91. The number of hydrogen-bond acceptors (Lipinski definition) is 3. The highest BCUT2D eigenvalue weighted by atomic mass is 35.5. The van der Waals surface area contributed by atoms with E-state index in [1.54, 1.807) is 24.3 Å². The molecule has 0 unspecified atom stereocenters. The zero-order valence-corrected chi connectivity index (χ0v) is 12.5. The van der Waals surface area contributed by atoms with Gasteiger partial charge in [-0.1, -0.05) is 35.9 Å². The normalized spacial score (nSPS) is 11.4. The minimum absolute atomic E-state index is 0.0979. The molecule has 0 aliphatic carbocycles. The van der Waals surface area contributed by atoms with Crippen molar-refractivity contribution in [2.24, 2.45) is 0 Å². The van der Waals surface area contributed by atoms with Crippen LogP contribution in [0, 0.1) is 5.82 Å². The van der Waals surface area contributed by atoms with E-state index in [4.69, 9.17) is 16.7 Å². The van der Waals surface area contributed by atoms with Crippen molar-refractivity contribution < 1.29 is 17.9 Å². The molecular weight excluding hydrogens is 317 g/mol. The Morgan fingerprint density at radius 3 is 2.29 bits per heavy atom. The molecule has 112 valence electrons. The summed E-state index contributed by atoms with van der Waals surface area (Å²) in [4.78, 5) is 0. The second kappa shape index (κ2) is 6.43. The van der Waals surface area contributed by atoms with Crippen molar-refractivity contribution in [3.63, 3.8) is 0 Å². The van der Waals surface area contributed by atoms with Crippen LogP contribution in [0.1, 0.15) is 11.1 Å². The van der Waals surface area contributed by atoms with Crippen LogP contribution in [0.5, 0.6) is 0 Å². The first kappa shape index (κ1) is 15.8. The van der Waals surface area contributed by atoms with Gasteiger partial charge in [-0.25, -0.2) is 12.8 Å². The van der Waals surface area contributed by atoms with E-state index in [0.717, 1.165) is 6.07 Å². The first-order valence-corrected chi connectivity index (χ1v) is 8.07. The van der Waals surface area contributed by atoms with Gasteiger partial charge in [-0.05, 0) is 29.3 Å². The number of aliphatic hydroxyl groups excluding tert-OH is 1. The first-order valence-electron chi connectivity index (χ1n) is 6.04. The standard InChI is InChI=1S/C14H13ClFNO3S/c15-13-7-12(5-6-14(13)16)17-21(19,20)9-11-3-1-10(8-18)2-4-11/h1-7,17-18H,8-9H2. The topological polar surface area (TPSA) is 66.4 Å². The Morgan fingerprint density at radius 2 is 1.71 bits per heavy atom. The number of sulfonamides is 1. The molecule has 0 radical (unpaired) electrons. The maximum atomic E-state index is 13.0. The van der Waals surface area contributed by atoms with E-state index in [-0.39, 0.29) is 23.1 Å². The lowest BCUT2D eigenvalue weighted by Crippen LogP contribution is -2.15. The summed E-state index contributed by atoms with van der Waals surface area (Å²) in [5.41, 5.74) is 1.48. The third-order valence-electron chi connectivity index (χ3n) is 2.76. The number of hydrogen-bond donors (Lipinski definition) is 2. The minimum atomic E-state index is -3.63. The molecule has 0 bridgehead atoms. The monoisotopic (exact) mass is 329 g/mol. The molecule has 4 nitrogen and oxygen atoms in total. The van der Waals surface area contributed by atoms with Crippen LogP contribution in [-0.2, 0) is 22.4 Å². The number of rotatable bonds is 5. The fourth-order valence-corrected chi connectivity index (χ4v) is 3.11. The molecule has 0 saturated carbocycles. The summed E-state index contributed by atoms with van der Waals surface area (Å²) in [6.07, 6.45) is 0. The van der Waals surface area contributed by atoms with Gasteiger partial charge in [0, 0.05) is 0 Å². The van der Waals surface area contributed by atoms with Crippen molar-refractivity contribution >= 4 is 27.3 Å². The van der Waals surface area contributed by atoms with E-state index >= 15 is 0 Å². The SMILES string of the molecule is O=S(=O)(Cc1ccc(CO)cc1)Nc1ccc(F)c(Cl)c1. The lowest BCUT2D eigenvalue weighted by atomic mass is 10.2. The van der Waals surface area contributed by atoms with Gasteiger partial charge in [0.25, 0.3) is 0 Å². The predicted molar refractivity (Wildman–Crippen MR) is 80.0 cm³/mol. The lowest BCUT2D eigenvalue weighted by Gasteiger charge is -2.09. The van der Waals surface area contributed by atoms with E-state index in [1.807, 2.05) is 0 Å². The van der Waals surface area contributed by atoms with Crippen molar-refractivity contribution in [2.45, 2.75) is 12.4 Å². The molecule has 0 amide bonds. The maximum Gasteiger partial charge on any atom is 0.236 e. The van der Waals surface area contributed by atoms with Gasteiger partial charge < -0.3 is 5.11 Å². The largest absolute Gasteiger partial charge is 0.392 e. The number of anilines is 1. The van der Waals surface area contributed by atoms with E-state index in [2.05, 4.69) is 4.72 Å². The summed E-state index contributed by atoms with van der Waals surface area (Å²) in [6, 6.07) is 10.2. The Balaban J connectivity index is 2.12. The average molecular weight is 330 g/mol. The summed E-state index contributed by atoms with van der Waals surface area (Å²) < 4.78 is 39.4. The number of aliphatic hydroxyl groups is 1. The van der Waals surface area contributed by atoms with Crippen LogP contribution in [0.15, 0.2) is 42.5 Å². The van der Waals surface area contributed by atoms with Gasteiger partial charge in [0.2, 0.25) is 10.0 Å². The van der Waals surface area contributed by atoms with Crippen molar-refractivity contribution in [1.82, 2.24) is 0 Å². The van der Waals surface area contributed by atoms with Gasteiger partial charge in [0.1, 0.15) is 5.82 Å². The van der Waals surface area contributed by atoms with Crippen LogP contribution >= 0.6 is 11.6 Å². The van der Waals surface area contributed by atoms with Crippen molar-refractivity contribution in [1.29, 1.82) is 0 Å².